The van der Waals surface area contributed by atoms with Gasteiger partial charge in [-0.1, -0.05) is 17.7 Å². The first-order valence-electron chi connectivity index (χ1n) is 8.45. The van der Waals surface area contributed by atoms with E-state index in [1.807, 2.05) is 0 Å². The van der Waals surface area contributed by atoms with Gasteiger partial charge in [0.1, 0.15) is 11.9 Å². The number of amides is 1. The molecule has 2 aromatic rings. The van der Waals surface area contributed by atoms with Crippen molar-refractivity contribution in [2.75, 3.05) is 18.1 Å². The van der Waals surface area contributed by atoms with Crippen LogP contribution in [0.15, 0.2) is 35.7 Å². The van der Waals surface area contributed by atoms with Crippen LogP contribution >= 0.6 is 22.9 Å². The van der Waals surface area contributed by atoms with E-state index in [4.69, 9.17) is 16.7 Å². The van der Waals surface area contributed by atoms with Crippen LogP contribution in [0.5, 0.6) is 0 Å². The molecule has 1 fully saturated rings. The number of rotatable bonds is 7. The lowest BCUT2D eigenvalue weighted by atomic mass is 10.1. The number of thiophene rings is 1. The van der Waals surface area contributed by atoms with E-state index in [-0.39, 0.29) is 25.3 Å². The molecule has 1 saturated heterocycles. The van der Waals surface area contributed by atoms with Gasteiger partial charge in [0.15, 0.2) is 0 Å². The predicted molar refractivity (Wildman–Crippen MR) is 108 cm³/mol. The summed E-state index contributed by atoms with van der Waals surface area (Å²) in [6.45, 7) is 0.100. The van der Waals surface area contributed by atoms with Crippen molar-refractivity contribution >= 4 is 50.6 Å². The molecule has 10 heteroatoms. The maximum Gasteiger partial charge on any atom is 0.245 e. The fourth-order valence-electron chi connectivity index (χ4n) is 2.89. The average molecular weight is 445 g/mol. The average Bonchev–Trinajstić information content (AvgIpc) is 3.20. The second-order valence-corrected chi connectivity index (χ2v) is 9.54. The Morgan fingerprint density at radius 2 is 2.14 bits per heavy atom. The second-order valence-electron chi connectivity index (χ2n) is 6.20. The molecular formula is C18H18ClFN2O4S2. The molecule has 1 aromatic carbocycles. The molecule has 0 saturated carbocycles. The van der Waals surface area contributed by atoms with Crippen LogP contribution in [0.3, 0.4) is 0 Å². The zero-order valence-electron chi connectivity index (χ0n) is 14.6. The number of hydrogen-bond acceptors (Lipinski definition) is 5. The van der Waals surface area contributed by atoms with Crippen LogP contribution in [-0.2, 0) is 21.2 Å². The molecule has 3 rings (SSSR count). The number of sulfonamides is 1. The summed E-state index contributed by atoms with van der Waals surface area (Å²) in [7, 11) is -3.85. The summed E-state index contributed by atoms with van der Waals surface area (Å²) < 4.78 is 41.7. The molecular weight excluding hydrogens is 427 g/mol. The van der Waals surface area contributed by atoms with E-state index < -0.39 is 27.8 Å². The Kier molecular flexibility index (Phi) is 6.51. The normalized spacial score (nSPS) is 17.8. The van der Waals surface area contributed by atoms with E-state index in [1.165, 1.54) is 34.4 Å². The van der Waals surface area contributed by atoms with Crippen molar-refractivity contribution < 1.29 is 22.7 Å². The monoisotopic (exact) mass is 444 g/mol. The van der Waals surface area contributed by atoms with E-state index >= 15 is 0 Å². The zero-order chi connectivity index (χ0) is 20.3. The Hall–Kier alpha value is -1.78. The third-order valence-corrected chi connectivity index (χ3v) is 6.52. The van der Waals surface area contributed by atoms with Crippen molar-refractivity contribution in [2.24, 2.45) is 0 Å². The molecule has 150 valence electrons. The van der Waals surface area contributed by atoms with Crippen molar-refractivity contribution in [3.05, 3.63) is 56.3 Å². The van der Waals surface area contributed by atoms with E-state index in [0.717, 1.165) is 5.41 Å². The highest BCUT2D eigenvalue weighted by molar-refractivity contribution is 7.92. The van der Waals surface area contributed by atoms with Crippen LogP contribution in [-0.4, -0.2) is 38.6 Å². The van der Waals surface area contributed by atoms with E-state index in [9.17, 15) is 17.6 Å². The summed E-state index contributed by atoms with van der Waals surface area (Å²) in [5, 5.41) is 9.91. The van der Waals surface area contributed by atoms with Crippen molar-refractivity contribution in [2.45, 2.75) is 18.9 Å². The topological polar surface area (TPSA) is 86.7 Å². The zero-order valence-corrected chi connectivity index (χ0v) is 17.0. The minimum Gasteiger partial charge on any atom is -0.396 e. The predicted octanol–water partition coefficient (Wildman–Crippen LogP) is 2.77. The number of halogens is 2. The molecule has 0 radical (unpaired) electrons. The summed E-state index contributed by atoms with van der Waals surface area (Å²) >= 11 is 7.04. The number of aliphatic hydroxyl groups excluding tert-OH is 1. The maximum atomic E-state index is 14.3. The van der Waals surface area contributed by atoms with E-state index in [0.29, 0.717) is 21.2 Å². The fourth-order valence-corrected chi connectivity index (χ4v) is 4.96. The third kappa shape index (κ3) is 4.98. The largest absolute Gasteiger partial charge is 0.396 e. The lowest BCUT2D eigenvalue weighted by Gasteiger charge is -2.18. The van der Waals surface area contributed by atoms with Gasteiger partial charge < -0.3 is 10.0 Å². The first-order chi connectivity index (χ1) is 13.3. The van der Waals surface area contributed by atoms with Crippen LogP contribution in [0, 0.1) is 5.82 Å². The van der Waals surface area contributed by atoms with Gasteiger partial charge >= 0.3 is 0 Å². The van der Waals surface area contributed by atoms with Gasteiger partial charge in [-0.2, -0.15) is 4.72 Å². The molecule has 0 bridgehead atoms. The molecule has 0 spiro atoms. The highest BCUT2D eigenvalue weighted by atomic mass is 35.5. The number of nitrogens with one attached hydrogen (secondary N) is 1. The Labute approximate surface area is 171 Å². The third-order valence-electron chi connectivity index (χ3n) is 4.22. The minimum absolute atomic E-state index is 0.0946. The van der Waals surface area contributed by atoms with Crippen LogP contribution < -0.4 is 9.62 Å². The van der Waals surface area contributed by atoms with Crippen LogP contribution in [0.2, 0.25) is 4.34 Å². The quantitative estimate of drug-likeness (QED) is 0.687. The molecule has 1 unspecified atom stereocenters. The van der Waals surface area contributed by atoms with Crippen molar-refractivity contribution in [3.63, 3.8) is 0 Å². The van der Waals surface area contributed by atoms with Gasteiger partial charge in [-0.25, -0.2) is 12.8 Å². The van der Waals surface area contributed by atoms with Gasteiger partial charge in [-0.3, -0.25) is 4.79 Å². The Morgan fingerprint density at radius 3 is 2.79 bits per heavy atom. The summed E-state index contributed by atoms with van der Waals surface area (Å²) in [5.41, 5.74) is 0.712. The smallest absolute Gasteiger partial charge is 0.245 e. The van der Waals surface area contributed by atoms with Gasteiger partial charge in [0.25, 0.3) is 0 Å². The number of nitrogens with zero attached hydrogens (tertiary/aromatic N) is 1. The summed E-state index contributed by atoms with van der Waals surface area (Å²) in [4.78, 5) is 14.5. The highest BCUT2D eigenvalue weighted by Gasteiger charge is 2.35. The van der Waals surface area contributed by atoms with Crippen LogP contribution in [0.25, 0.3) is 6.08 Å². The number of carbonyl (C=O) groups excluding carboxylic acids is 1. The molecule has 6 nitrogen and oxygen atoms in total. The fraction of sp³-hybridized carbons (Fsp3) is 0.278. The SMILES string of the molecule is O=C1C(NS(=O)(=O)/C=C/c2ccc(Cl)s2)CCN1c1ccc(CCO)cc1F. The molecule has 1 aliphatic heterocycles. The lowest BCUT2D eigenvalue weighted by molar-refractivity contribution is -0.118. The number of carbonyl (C=O) groups is 1. The molecule has 1 aliphatic rings. The number of anilines is 1. The molecule has 1 amide bonds. The first kappa shape index (κ1) is 20.9. The van der Waals surface area contributed by atoms with Crippen molar-refractivity contribution in [3.8, 4) is 0 Å². The second kappa shape index (κ2) is 8.71. The van der Waals surface area contributed by atoms with Crippen LogP contribution in [0.4, 0.5) is 10.1 Å². The van der Waals surface area contributed by atoms with Gasteiger partial charge in [0.05, 0.1) is 10.0 Å². The Bertz CT molecular complexity index is 1010. The summed E-state index contributed by atoms with van der Waals surface area (Å²) in [5.74, 6) is -1.10. The standard InChI is InChI=1S/C18H18ClFN2O4S2/c19-17-4-2-13(27-17)7-10-28(25,26)21-15-5-8-22(18(15)24)16-3-1-12(6-9-23)11-14(16)20/h1-4,7,10-11,15,21,23H,5-6,8-9H2/b10-7+. The summed E-state index contributed by atoms with van der Waals surface area (Å²) in [6, 6.07) is 6.75. The number of hydrogen-bond donors (Lipinski definition) is 2. The molecule has 1 atom stereocenters. The molecule has 2 N–H and O–H groups in total. The summed E-state index contributed by atoms with van der Waals surface area (Å²) in [6.07, 6.45) is 1.94. The Morgan fingerprint density at radius 1 is 1.36 bits per heavy atom. The lowest BCUT2D eigenvalue weighted by Crippen LogP contribution is -2.40. The van der Waals surface area contributed by atoms with Gasteiger partial charge in [0, 0.05) is 23.4 Å². The Balaban J connectivity index is 1.69. The van der Waals surface area contributed by atoms with Crippen molar-refractivity contribution in [1.29, 1.82) is 0 Å². The van der Waals surface area contributed by atoms with Gasteiger partial charge in [-0.15, -0.1) is 11.3 Å². The van der Waals surface area contributed by atoms with Crippen LogP contribution in [0.1, 0.15) is 16.9 Å². The number of aliphatic hydroxyl groups is 1. The van der Waals surface area contributed by atoms with Gasteiger partial charge in [0.2, 0.25) is 15.9 Å². The number of benzene rings is 1. The van der Waals surface area contributed by atoms with Crippen molar-refractivity contribution in [1.82, 2.24) is 4.72 Å². The molecule has 2 heterocycles. The minimum atomic E-state index is -3.85. The van der Waals surface area contributed by atoms with Gasteiger partial charge in [-0.05, 0) is 48.7 Å². The van der Waals surface area contributed by atoms with E-state index in [2.05, 4.69) is 4.72 Å². The molecule has 1 aromatic heterocycles. The maximum absolute atomic E-state index is 14.3. The first-order valence-corrected chi connectivity index (χ1v) is 11.2. The molecule has 28 heavy (non-hydrogen) atoms. The van der Waals surface area contributed by atoms with E-state index in [1.54, 1.807) is 18.2 Å². The molecule has 0 aliphatic carbocycles. The highest BCUT2D eigenvalue weighted by Crippen LogP contribution is 2.26.